The molecule has 0 heterocycles. The quantitative estimate of drug-likeness (QED) is 0.123. The molecule has 1 fully saturated rings. The number of rotatable bonds is 16. The van der Waals surface area contributed by atoms with Crippen LogP contribution in [0.4, 0.5) is 0 Å². The lowest BCUT2D eigenvalue weighted by Gasteiger charge is -2.29. The van der Waals surface area contributed by atoms with E-state index in [0.717, 1.165) is 23.0 Å². The summed E-state index contributed by atoms with van der Waals surface area (Å²) in [7, 11) is 0. The second-order valence-corrected chi connectivity index (χ2v) is 12.9. The molecule has 0 bridgehead atoms. The van der Waals surface area contributed by atoms with Gasteiger partial charge in [-0.05, 0) is 96.5 Å². The van der Waals surface area contributed by atoms with Gasteiger partial charge in [0.2, 0.25) is 0 Å². The van der Waals surface area contributed by atoms with Crippen LogP contribution in [0.25, 0.3) is 10.8 Å². The summed E-state index contributed by atoms with van der Waals surface area (Å²) in [6.45, 7) is 4.59. The highest BCUT2D eigenvalue weighted by molar-refractivity contribution is 5.84. The van der Waals surface area contributed by atoms with Gasteiger partial charge in [0.1, 0.15) is 0 Å². The summed E-state index contributed by atoms with van der Waals surface area (Å²) in [6.07, 6.45) is 26.4. The van der Waals surface area contributed by atoms with Crippen molar-refractivity contribution in [2.24, 2.45) is 5.92 Å². The van der Waals surface area contributed by atoms with Gasteiger partial charge in [-0.25, -0.2) is 0 Å². The zero-order valence-corrected chi connectivity index (χ0v) is 26.4. The second-order valence-electron chi connectivity index (χ2n) is 12.9. The number of hydrogen-bond donors (Lipinski definition) is 0. The highest BCUT2D eigenvalue weighted by Gasteiger charge is 2.22. The first kappa shape index (κ1) is 31.4. The predicted molar refractivity (Wildman–Crippen MR) is 181 cm³/mol. The van der Waals surface area contributed by atoms with Crippen LogP contribution in [0, 0.1) is 17.8 Å². The lowest BCUT2D eigenvalue weighted by atomic mass is 9.77. The first-order valence-electron chi connectivity index (χ1n) is 17.4. The largest absolute Gasteiger partial charge is 0.0654 e. The molecule has 220 valence electrons. The standard InChI is InChI=1S/C41H56/c1-3-5-7-9-11-13-14-16-34-20-26-38(27-21-34)39-28-22-35(23-29-39)18-19-37-25-31-40-32-36(24-30-41(40)33-37)17-15-12-10-8-6-4-2/h22-25,28-34,38H,3-17,20-21,26-27H2,1-2H3/t34-,38-. The Kier molecular flexibility index (Phi) is 13.9. The maximum atomic E-state index is 3.42. The number of aryl methyl sites for hydroxylation is 1. The normalized spacial score (nSPS) is 16.9. The highest BCUT2D eigenvalue weighted by atomic mass is 14.3. The van der Waals surface area contributed by atoms with Crippen LogP contribution < -0.4 is 0 Å². The van der Waals surface area contributed by atoms with E-state index in [0.29, 0.717) is 0 Å². The van der Waals surface area contributed by atoms with Gasteiger partial charge in [-0.15, -0.1) is 0 Å². The monoisotopic (exact) mass is 548 g/mol. The van der Waals surface area contributed by atoms with Crippen LogP contribution in [-0.4, -0.2) is 0 Å². The van der Waals surface area contributed by atoms with Gasteiger partial charge in [0.25, 0.3) is 0 Å². The third kappa shape index (κ3) is 11.0. The number of benzene rings is 3. The van der Waals surface area contributed by atoms with Crippen molar-refractivity contribution in [3.8, 4) is 11.8 Å². The molecule has 3 aromatic carbocycles. The molecule has 0 N–H and O–H groups in total. The van der Waals surface area contributed by atoms with E-state index in [-0.39, 0.29) is 0 Å². The average Bonchev–Trinajstić information content (AvgIpc) is 3.02. The lowest BCUT2D eigenvalue weighted by molar-refractivity contribution is 0.302. The molecule has 0 spiro atoms. The van der Waals surface area contributed by atoms with Crippen molar-refractivity contribution in [1.29, 1.82) is 0 Å². The molecule has 1 aliphatic rings. The minimum Gasteiger partial charge on any atom is -0.0654 e. The average molecular weight is 549 g/mol. The molecule has 1 aliphatic carbocycles. The van der Waals surface area contributed by atoms with E-state index in [4.69, 9.17) is 0 Å². The Balaban J connectivity index is 1.20. The maximum Gasteiger partial charge on any atom is 0.0255 e. The maximum absolute atomic E-state index is 3.42. The van der Waals surface area contributed by atoms with Crippen LogP contribution >= 0.6 is 0 Å². The molecule has 0 aliphatic heterocycles. The van der Waals surface area contributed by atoms with Gasteiger partial charge in [-0.3, -0.25) is 0 Å². The fraction of sp³-hybridized carbons (Fsp3) is 0.561. The molecule has 1 saturated carbocycles. The van der Waals surface area contributed by atoms with E-state index < -0.39 is 0 Å². The van der Waals surface area contributed by atoms with E-state index in [1.54, 1.807) is 0 Å². The smallest absolute Gasteiger partial charge is 0.0255 e. The molecule has 41 heavy (non-hydrogen) atoms. The first-order valence-corrected chi connectivity index (χ1v) is 17.4. The molecule has 0 nitrogen and oxygen atoms in total. The minimum absolute atomic E-state index is 0.744. The fourth-order valence-corrected chi connectivity index (χ4v) is 6.80. The summed E-state index contributed by atoms with van der Waals surface area (Å²) in [5, 5.41) is 2.63. The van der Waals surface area contributed by atoms with Gasteiger partial charge in [0.15, 0.2) is 0 Å². The molecular weight excluding hydrogens is 492 g/mol. The Hall–Kier alpha value is -2.52. The van der Waals surface area contributed by atoms with E-state index in [2.05, 4.69) is 86.4 Å². The molecule has 0 unspecified atom stereocenters. The van der Waals surface area contributed by atoms with Crippen LogP contribution in [0.2, 0.25) is 0 Å². The van der Waals surface area contributed by atoms with E-state index >= 15 is 0 Å². The summed E-state index contributed by atoms with van der Waals surface area (Å²) in [4.78, 5) is 0. The molecule has 0 radical (unpaired) electrons. The zero-order valence-electron chi connectivity index (χ0n) is 26.4. The van der Waals surface area contributed by atoms with Gasteiger partial charge in [0.05, 0.1) is 0 Å². The van der Waals surface area contributed by atoms with E-state index in [1.807, 2.05) is 0 Å². The minimum atomic E-state index is 0.744. The van der Waals surface area contributed by atoms with Crippen molar-refractivity contribution in [1.82, 2.24) is 0 Å². The van der Waals surface area contributed by atoms with Crippen LogP contribution in [0.5, 0.6) is 0 Å². The van der Waals surface area contributed by atoms with Crippen LogP contribution in [0.3, 0.4) is 0 Å². The number of unbranched alkanes of at least 4 members (excludes halogenated alkanes) is 11. The van der Waals surface area contributed by atoms with Crippen molar-refractivity contribution >= 4 is 10.8 Å². The topological polar surface area (TPSA) is 0 Å². The first-order chi connectivity index (χ1) is 20.2. The number of fused-ring (bicyclic) bond motifs is 1. The summed E-state index contributed by atoms with van der Waals surface area (Å²) in [5.41, 5.74) is 5.21. The van der Waals surface area contributed by atoms with Crippen molar-refractivity contribution in [3.63, 3.8) is 0 Å². The van der Waals surface area contributed by atoms with Gasteiger partial charge >= 0.3 is 0 Å². The Bertz CT molecular complexity index is 1200. The van der Waals surface area contributed by atoms with Crippen molar-refractivity contribution in [2.75, 3.05) is 0 Å². The molecule has 0 saturated heterocycles. The Morgan fingerprint density at radius 2 is 1.10 bits per heavy atom. The molecule has 0 amide bonds. The molecule has 4 rings (SSSR count). The lowest BCUT2D eigenvalue weighted by Crippen LogP contribution is -2.13. The third-order valence-corrected chi connectivity index (χ3v) is 9.52. The molecule has 3 aromatic rings. The third-order valence-electron chi connectivity index (χ3n) is 9.52. The van der Waals surface area contributed by atoms with Crippen molar-refractivity contribution < 1.29 is 0 Å². The number of hydrogen-bond acceptors (Lipinski definition) is 0. The highest BCUT2D eigenvalue weighted by Crippen LogP contribution is 2.37. The molecular formula is C41H56. The summed E-state index contributed by atoms with van der Waals surface area (Å²) < 4.78 is 0. The van der Waals surface area contributed by atoms with Gasteiger partial charge < -0.3 is 0 Å². The Morgan fingerprint density at radius 3 is 1.80 bits per heavy atom. The summed E-state index contributed by atoms with van der Waals surface area (Å²) >= 11 is 0. The van der Waals surface area contributed by atoms with Crippen LogP contribution in [-0.2, 0) is 6.42 Å². The van der Waals surface area contributed by atoms with Gasteiger partial charge in [0, 0.05) is 11.1 Å². The fourth-order valence-electron chi connectivity index (χ4n) is 6.80. The Morgan fingerprint density at radius 1 is 0.537 bits per heavy atom. The summed E-state index contributed by atoms with van der Waals surface area (Å²) in [5.74, 6) is 8.55. The molecule has 0 aromatic heterocycles. The summed E-state index contributed by atoms with van der Waals surface area (Å²) in [6, 6.07) is 22.8. The SMILES string of the molecule is CCCCCCCCC[C@H]1CC[C@H](c2ccc(C#Cc3ccc4cc(CCCCCCCC)ccc4c3)cc2)CC1. The van der Waals surface area contributed by atoms with Gasteiger partial charge in [-0.1, -0.05) is 146 Å². The van der Waals surface area contributed by atoms with E-state index in [1.165, 1.54) is 144 Å². The van der Waals surface area contributed by atoms with Crippen molar-refractivity contribution in [2.45, 2.75) is 142 Å². The van der Waals surface area contributed by atoms with Crippen LogP contribution in [0.1, 0.15) is 158 Å². The zero-order chi connectivity index (χ0) is 28.5. The van der Waals surface area contributed by atoms with Crippen LogP contribution in [0.15, 0.2) is 60.7 Å². The van der Waals surface area contributed by atoms with Crippen molar-refractivity contribution in [3.05, 3.63) is 82.9 Å². The molecule has 0 heteroatoms. The molecule has 0 atom stereocenters. The predicted octanol–water partition coefficient (Wildman–Crippen LogP) is 12.6. The Labute approximate surface area is 252 Å². The van der Waals surface area contributed by atoms with E-state index in [9.17, 15) is 0 Å². The second kappa shape index (κ2) is 18.1. The van der Waals surface area contributed by atoms with Gasteiger partial charge in [-0.2, -0.15) is 0 Å².